The second-order valence-electron chi connectivity index (χ2n) is 10.3. The second kappa shape index (κ2) is 13.9. The molecule has 3 N–H and O–H groups in total. The monoisotopic (exact) mass is 646 g/mol. The number of halogens is 3. The highest BCUT2D eigenvalue weighted by Gasteiger charge is 2.23. The molecule has 0 unspecified atom stereocenters. The van der Waals surface area contributed by atoms with Crippen LogP contribution in [0.25, 0.3) is 0 Å². The average molecular weight is 647 g/mol. The number of piperazine rings is 2. The normalized spacial score (nSPS) is 15.2. The molecule has 0 spiro atoms. The molecule has 16 heteroatoms. The Kier molecular flexibility index (Phi) is 9.76. The highest BCUT2D eigenvalue weighted by Crippen LogP contribution is 2.36. The molecule has 2 amide bonds. The summed E-state index contributed by atoms with van der Waals surface area (Å²) in [6.07, 6.45) is 0.376. The lowest BCUT2D eigenvalue weighted by atomic mass is 10.2. The number of rotatable bonds is 9. The minimum Gasteiger partial charge on any atom is -0.494 e. The molecular formula is C29H33ClF2N8O5. The summed E-state index contributed by atoms with van der Waals surface area (Å²) in [5, 5.41) is 15.4. The number of aromatic nitrogens is 2. The summed E-state index contributed by atoms with van der Waals surface area (Å²) in [7, 11) is 1.55. The van der Waals surface area contributed by atoms with Crippen molar-refractivity contribution < 1.29 is 33.0 Å². The van der Waals surface area contributed by atoms with Gasteiger partial charge in [-0.1, -0.05) is 11.6 Å². The van der Waals surface area contributed by atoms with Crippen molar-refractivity contribution in [3.05, 3.63) is 47.6 Å². The van der Waals surface area contributed by atoms with E-state index in [9.17, 15) is 23.5 Å². The molecule has 0 radical (unpaired) electrons. The molecule has 0 aliphatic carbocycles. The van der Waals surface area contributed by atoms with Crippen LogP contribution in [0, 0.1) is 0 Å². The van der Waals surface area contributed by atoms with Crippen LogP contribution in [0.2, 0.25) is 5.02 Å². The van der Waals surface area contributed by atoms with E-state index in [-0.39, 0.29) is 34.1 Å². The molecule has 2 aliphatic heterocycles. The predicted octanol–water partition coefficient (Wildman–Crippen LogP) is 4.70. The highest BCUT2D eigenvalue weighted by atomic mass is 35.5. The van der Waals surface area contributed by atoms with Gasteiger partial charge in [-0.3, -0.25) is 4.79 Å². The molecule has 2 saturated heterocycles. The van der Waals surface area contributed by atoms with E-state index in [1.54, 1.807) is 26.2 Å². The molecule has 0 bridgehead atoms. The lowest BCUT2D eigenvalue weighted by Crippen LogP contribution is -2.48. The third kappa shape index (κ3) is 7.66. The first-order valence-corrected chi connectivity index (χ1v) is 14.6. The first-order chi connectivity index (χ1) is 21.6. The van der Waals surface area contributed by atoms with Crippen LogP contribution in [0.15, 0.2) is 42.6 Å². The summed E-state index contributed by atoms with van der Waals surface area (Å²) in [6, 6.07) is 10.4. The van der Waals surface area contributed by atoms with Crippen molar-refractivity contribution in [1.82, 2.24) is 19.8 Å². The van der Waals surface area contributed by atoms with E-state index in [0.717, 1.165) is 5.69 Å². The maximum absolute atomic E-state index is 13.4. The maximum Gasteiger partial charge on any atom is 0.407 e. The van der Waals surface area contributed by atoms with Crippen molar-refractivity contribution in [2.75, 3.05) is 79.9 Å². The Morgan fingerprint density at radius 2 is 1.44 bits per heavy atom. The smallest absolute Gasteiger partial charge is 0.407 e. The van der Waals surface area contributed by atoms with Crippen molar-refractivity contribution in [3.63, 3.8) is 0 Å². The molecule has 1 aromatic heterocycles. The Labute approximate surface area is 263 Å². The van der Waals surface area contributed by atoms with Crippen LogP contribution in [0.3, 0.4) is 0 Å². The third-order valence-electron chi connectivity index (χ3n) is 7.62. The van der Waals surface area contributed by atoms with Crippen LogP contribution in [0.1, 0.15) is 6.92 Å². The molecule has 0 atom stereocenters. The number of anilines is 6. The van der Waals surface area contributed by atoms with Crippen LogP contribution < -0.4 is 29.9 Å². The number of methoxy groups -OCH3 is 1. The van der Waals surface area contributed by atoms with Gasteiger partial charge in [-0.05, 0) is 24.3 Å². The number of carboxylic acid groups (broad SMARTS) is 1. The molecule has 5 rings (SSSR count). The molecule has 2 aliphatic rings. The van der Waals surface area contributed by atoms with Gasteiger partial charge in [0.15, 0.2) is 11.6 Å². The largest absolute Gasteiger partial charge is 0.494 e. The summed E-state index contributed by atoms with van der Waals surface area (Å²) in [4.78, 5) is 38.8. The molecule has 2 fully saturated rings. The molecule has 3 heterocycles. The van der Waals surface area contributed by atoms with E-state index >= 15 is 0 Å². The lowest BCUT2D eigenvalue weighted by Gasteiger charge is -2.35. The summed E-state index contributed by atoms with van der Waals surface area (Å²) in [6.45, 7) is 2.55. The SMILES string of the molecule is COc1cc(N2CCN(C(C)=O)CC2)ccc1Nc1ncc(Cl)c(Nc2ccc(N3CCN(C(=O)O)CC3)cc2OC(F)F)n1. The topological polar surface area (TPSA) is 136 Å². The molecular weight excluding hydrogens is 614 g/mol. The van der Waals surface area contributed by atoms with Crippen molar-refractivity contribution >= 4 is 58.1 Å². The molecule has 3 aromatic rings. The van der Waals surface area contributed by atoms with Gasteiger partial charge < -0.3 is 44.8 Å². The number of alkyl halides is 2. The molecule has 0 saturated carbocycles. The van der Waals surface area contributed by atoms with Gasteiger partial charge in [-0.25, -0.2) is 9.78 Å². The first kappa shape index (κ1) is 31.6. The van der Waals surface area contributed by atoms with Gasteiger partial charge >= 0.3 is 12.7 Å². The number of hydrogen-bond donors (Lipinski definition) is 3. The number of benzene rings is 2. The number of nitrogens with zero attached hydrogens (tertiary/aromatic N) is 6. The number of ether oxygens (including phenoxy) is 2. The van der Waals surface area contributed by atoms with Gasteiger partial charge in [0.25, 0.3) is 0 Å². The van der Waals surface area contributed by atoms with Crippen LogP contribution >= 0.6 is 11.6 Å². The minimum atomic E-state index is -3.09. The maximum atomic E-state index is 13.4. The van der Waals surface area contributed by atoms with Gasteiger partial charge in [0.05, 0.1) is 24.7 Å². The lowest BCUT2D eigenvalue weighted by molar-refractivity contribution is -0.129. The highest BCUT2D eigenvalue weighted by molar-refractivity contribution is 6.33. The van der Waals surface area contributed by atoms with Crippen LogP contribution in [-0.2, 0) is 4.79 Å². The summed E-state index contributed by atoms with van der Waals surface area (Å²) in [5.74, 6) is 0.796. The Hall–Kier alpha value is -4.79. The van der Waals surface area contributed by atoms with Crippen LogP contribution in [0.4, 0.5) is 48.1 Å². The Morgan fingerprint density at radius 3 is 1.98 bits per heavy atom. The molecule has 240 valence electrons. The minimum absolute atomic E-state index is 0.0617. The van der Waals surface area contributed by atoms with Crippen molar-refractivity contribution in [2.24, 2.45) is 0 Å². The quantitative estimate of drug-likeness (QED) is 0.299. The fraction of sp³-hybridized carbons (Fsp3) is 0.379. The zero-order valence-electron chi connectivity index (χ0n) is 24.7. The number of nitrogens with one attached hydrogen (secondary N) is 2. The average Bonchev–Trinajstić information content (AvgIpc) is 3.03. The van der Waals surface area contributed by atoms with Crippen molar-refractivity contribution in [3.8, 4) is 11.5 Å². The first-order valence-electron chi connectivity index (χ1n) is 14.2. The van der Waals surface area contributed by atoms with E-state index in [2.05, 4.69) is 25.5 Å². The Morgan fingerprint density at radius 1 is 0.889 bits per heavy atom. The molecule has 2 aromatic carbocycles. The van der Waals surface area contributed by atoms with Crippen LogP contribution in [-0.4, -0.2) is 103 Å². The predicted molar refractivity (Wildman–Crippen MR) is 166 cm³/mol. The Bertz CT molecular complexity index is 1530. The molecule has 13 nitrogen and oxygen atoms in total. The number of carbonyl (C=O) groups is 2. The van der Waals surface area contributed by atoms with E-state index in [1.807, 2.05) is 28.0 Å². The zero-order valence-corrected chi connectivity index (χ0v) is 25.4. The third-order valence-corrected chi connectivity index (χ3v) is 7.89. The van der Waals surface area contributed by atoms with E-state index < -0.39 is 12.7 Å². The fourth-order valence-corrected chi connectivity index (χ4v) is 5.32. The van der Waals surface area contributed by atoms with Crippen LogP contribution in [0.5, 0.6) is 11.5 Å². The fourth-order valence-electron chi connectivity index (χ4n) is 5.18. The summed E-state index contributed by atoms with van der Waals surface area (Å²) >= 11 is 6.37. The molecule has 45 heavy (non-hydrogen) atoms. The number of carbonyl (C=O) groups excluding carboxylic acids is 1. The second-order valence-corrected chi connectivity index (χ2v) is 10.7. The van der Waals surface area contributed by atoms with Gasteiger partial charge in [-0.2, -0.15) is 13.8 Å². The van der Waals surface area contributed by atoms with E-state index in [0.29, 0.717) is 69.5 Å². The summed E-state index contributed by atoms with van der Waals surface area (Å²) < 4.78 is 37.2. The van der Waals surface area contributed by atoms with Gasteiger partial charge in [-0.15, -0.1) is 0 Å². The van der Waals surface area contributed by atoms with Crippen molar-refractivity contribution in [2.45, 2.75) is 13.5 Å². The van der Waals surface area contributed by atoms with Gasteiger partial charge in [0.1, 0.15) is 10.8 Å². The van der Waals surface area contributed by atoms with E-state index in [1.165, 1.54) is 17.2 Å². The number of amides is 2. The van der Waals surface area contributed by atoms with Crippen molar-refractivity contribution in [1.29, 1.82) is 0 Å². The zero-order chi connectivity index (χ0) is 32.1. The van der Waals surface area contributed by atoms with E-state index in [4.69, 9.17) is 21.1 Å². The van der Waals surface area contributed by atoms with Gasteiger partial charge in [0.2, 0.25) is 11.9 Å². The Balaban J connectivity index is 1.32. The van der Waals surface area contributed by atoms with Gasteiger partial charge in [0, 0.05) is 82.8 Å². The number of hydrogen-bond acceptors (Lipinski definition) is 10. The summed E-state index contributed by atoms with van der Waals surface area (Å²) in [5.41, 5.74) is 2.33. The standard InChI is InChI=1S/C29H33ClF2N8O5/c1-18(41)37-7-9-38(10-8-37)19-3-5-22(24(15-19)44-2)35-28-33-17-21(30)26(36-28)34-23-6-4-20(16-25(23)45-27(31)32)39-11-13-40(14-12-39)29(42)43/h3-6,15-17,27H,7-14H2,1-2H3,(H,42,43)(H2,33,34,35,36).